The van der Waals surface area contributed by atoms with Crippen LogP contribution in [0.25, 0.3) is 0 Å². The molecule has 1 aromatic carbocycles. The third-order valence-corrected chi connectivity index (χ3v) is 4.09. The molecule has 2 rings (SSSR count). The van der Waals surface area contributed by atoms with Gasteiger partial charge in [-0.1, -0.05) is 32.0 Å². The average molecular weight is 303 g/mol. The lowest BCUT2D eigenvalue weighted by Crippen LogP contribution is -2.51. The number of piperazine rings is 1. The Balaban J connectivity index is 1.88. The minimum absolute atomic E-state index is 0.0797. The predicted octanol–water partition coefficient (Wildman–Crippen LogP) is 1.91. The van der Waals surface area contributed by atoms with Crippen molar-refractivity contribution in [2.75, 3.05) is 38.0 Å². The zero-order valence-electron chi connectivity index (χ0n) is 13.6. The second kappa shape index (κ2) is 7.29. The first-order chi connectivity index (χ1) is 10.5. The Morgan fingerprint density at radius 2 is 1.68 bits per heavy atom. The van der Waals surface area contributed by atoms with Crippen LogP contribution in [0.1, 0.15) is 32.3 Å². The molecule has 2 amide bonds. The van der Waals surface area contributed by atoms with Gasteiger partial charge in [0.15, 0.2) is 0 Å². The number of nitrogens with one attached hydrogen (secondary N) is 1. The highest BCUT2D eigenvalue weighted by molar-refractivity contribution is 5.81. The second-order valence-electron chi connectivity index (χ2n) is 5.98. The van der Waals surface area contributed by atoms with Crippen LogP contribution in [-0.4, -0.2) is 54.3 Å². The van der Waals surface area contributed by atoms with E-state index in [1.165, 1.54) is 5.56 Å². The summed E-state index contributed by atoms with van der Waals surface area (Å²) in [5, 5.41) is 3.25. The summed E-state index contributed by atoms with van der Waals surface area (Å²) in [6, 6.07) is 8.09. The maximum atomic E-state index is 12.3. The molecular weight excluding hydrogens is 278 g/mol. The number of nitrogens with zero attached hydrogens (tertiary/aromatic N) is 2. The van der Waals surface area contributed by atoms with Crippen molar-refractivity contribution in [3.63, 3.8) is 0 Å². The topological polar surface area (TPSA) is 52.7 Å². The fraction of sp³-hybridized carbons (Fsp3) is 0.529. The lowest BCUT2D eigenvalue weighted by molar-refractivity contribution is -0.137. The first-order valence-electron chi connectivity index (χ1n) is 7.85. The standard InChI is InChI=1S/C17H25N3O2/c1-13(2)15-6-4-5-7-16(15)18-12-17(22)20-10-8-19(9-11-20)14(3)21/h4-7,13,18H,8-12H2,1-3H3. The normalized spacial score (nSPS) is 15.1. The van der Waals surface area contributed by atoms with Gasteiger partial charge in [-0.15, -0.1) is 0 Å². The molecule has 1 aromatic rings. The number of hydrogen-bond acceptors (Lipinski definition) is 3. The van der Waals surface area contributed by atoms with Gasteiger partial charge in [-0.3, -0.25) is 9.59 Å². The molecule has 120 valence electrons. The fourth-order valence-corrected chi connectivity index (χ4v) is 2.71. The van der Waals surface area contributed by atoms with Gasteiger partial charge in [-0.25, -0.2) is 0 Å². The number of anilines is 1. The molecule has 1 aliphatic heterocycles. The summed E-state index contributed by atoms with van der Waals surface area (Å²) < 4.78 is 0. The van der Waals surface area contributed by atoms with Crippen LogP contribution >= 0.6 is 0 Å². The summed E-state index contributed by atoms with van der Waals surface area (Å²) in [6.45, 7) is 8.64. The van der Waals surface area contributed by atoms with Crippen molar-refractivity contribution < 1.29 is 9.59 Å². The Bertz CT molecular complexity index is 534. The van der Waals surface area contributed by atoms with Crippen LogP contribution in [0.15, 0.2) is 24.3 Å². The molecule has 0 aliphatic carbocycles. The van der Waals surface area contributed by atoms with E-state index < -0.39 is 0 Å². The quantitative estimate of drug-likeness (QED) is 0.924. The van der Waals surface area contributed by atoms with Crippen molar-refractivity contribution in [1.82, 2.24) is 9.80 Å². The van der Waals surface area contributed by atoms with Crippen LogP contribution in [0.3, 0.4) is 0 Å². The van der Waals surface area contributed by atoms with Gasteiger partial charge in [0, 0.05) is 38.8 Å². The third kappa shape index (κ3) is 4.00. The van der Waals surface area contributed by atoms with Crippen LogP contribution in [0.4, 0.5) is 5.69 Å². The number of carbonyl (C=O) groups excluding carboxylic acids is 2. The largest absolute Gasteiger partial charge is 0.376 e. The van der Waals surface area contributed by atoms with Crippen LogP contribution in [-0.2, 0) is 9.59 Å². The monoisotopic (exact) mass is 303 g/mol. The Morgan fingerprint density at radius 1 is 1.09 bits per heavy atom. The zero-order valence-corrected chi connectivity index (χ0v) is 13.6. The zero-order chi connectivity index (χ0) is 16.1. The Hall–Kier alpha value is -2.04. The molecule has 1 fully saturated rings. The van der Waals surface area contributed by atoms with E-state index in [1.807, 2.05) is 23.1 Å². The van der Waals surface area contributed by atoms with Crippen molar-refractivity contribution in [1.29, 1.82) is 0 Å². The number of para-hydroxylation sites is 1. The Labute approximate surface area is 132 Å². The summed E-state index contributed by atoms with van der Waals surface area (Å²) in [7, 11) is 0. The number of benzene rings is 1. The van der Waals surface area contributed by atoms with E-state index in [1.54, 1.807) is 11.8 Å². The molecule has 1 saturated heterocycles. The fourth-order valence-electron chi connectivity index (χ4n) is 2.71. The van der Waals surface area contributed by atoms with Gasteiger partial charge >= 0.3 is 0 Å². The molecule has 0 unspecified atom stereocenters. The average Bonchev–Trinajstić information content (AvgIpc) is 2.52. The van der Waals surface area contributed by atoms with Gasteiger partial charge in [-0.2, -0.15) is 0 Å². The SMILES string of the molecule is CC(=O)N1CCN(C(=O)CNc2ccccc2C(C)C)CC1. The maximum absolute atomic E-state index is 12.3. The number of amides is 2. The molecule has 1 heterocycles. The van der Waals surface area contributed by atoms with Crippen LogP contribution in [0.2, 0.25) is 0 Å². The molecule has 0 bridgehead atoms. The highest BCUT2D eigenvalue weighted by Crippen LogP contribution is 2.23. The molecule has 1 N–H and O–H groups in total. The Morgan fingerprint density at radius 3 is 2.27 bits per heavy atom. The summed E-state index contributed by atoms with van der Waals surface area (Å²) in [4.78, 5) is 27.2. The Kier molecular flexibility index (Phi) is 5.41. The summed E-state index contributed by atoms with van der Waals surface area (Å²) in [5.41, 5.74) is 2.24. The van der Waals surface area contributed by atoms with Crippen LogP contribution in [0, 0.1) is 0 Å². The number of hydrogen-bond donors (Lipinski definition) is 1. The van der Waals surface area contributed by atoms with E-state index in [9.17, 15) is 9.59 Å². The molecule has 0 spiro atoms. The van der Waals surface area contributed by atoms with E-state index in [4.69, 9.17) is 0 Å². The maximum Gasteiger partial charge on any atom is 0.241 e. The highest BCUT2D eigenvalue weighted by atomic mass is 16.2. The van der Waals surface area contributed by atoms with Gasteiger partial charge in [0.2, 0.25) is 11.8 Å². The molecule has 22 heavy (non-hydrogen) atoms. The van der Waals surface area contributed by atoms with Crippen molar-refractivity contribution in [2.24, 2.45) is 0 Å². The molecule has 0 saturated carbocycles. The smallest absolute Gasteiger partial charge is 0.241 e. The lowest BCUT2D eigenvalue weighted by atomic mass is 10.0. The number of rotatable bonds is 4. The van der Waals surface area contributed by atoms with Crippen molar-refractivity contribution in [3.8, 4) is 0 Å². The lowest BCUT2D eigenvalue weighted by Gasteiger charge is -2.34. The van der Waals surface area contributed by atoms with E-state index in [2.05, 4.69) is 25.2 Å². The summed E-state index contributed by atoms with van der Waals surface area (Å²) >= 11 is 0. The van der Waals surface area contributed by atoms with Crippen LogP contribution in [0.5, 0.6) is 0 Å². The minimum Gasteiger partial charge on any atom is -0.376 e. The molecule has 5 nitrogen and oxygen atoms in total. The van der Waals surface area contributed by atoms with E-state index in [-0.39, 0.29) is 11.8 Å². The molecule has 0 aromatic heterocycles. The van der Waals surface area contributed by atoms with E-state index in [0.717, 1.165) is 5.69 Å². The van der Waals surface area contributed by atoms with Gasteiger partial charge < -0.3 is 15.1 Å². The summed E-state index contributed by atoms with van der Waals surface area (Å²) in [5.74, 6) is 0.579. The highest BCUT2D eigenvalue weighted by Gasteiger charge is 2.22. The van der Waals surface area contributed by atoms with E-state index in [0.29, 0.717) is 38.6 Å². The second-order valence-corrected chi connectivity index (χ2v) is 5.98. The van der Waals surface area contributed by atoms with Crippen LogP contribution < -0.4 is 5.32 Å². The molecular formula is C17H25N3O2. The predicted molar refractivity (Wildman–Crippen MR) is 87.9 cm³/mol. The van der Waals surface area contributed by atoms with Crippen molar-refractivity contribution in [3.05, 3.63) is 29.8 Å². The van der Waals surface area contributed by atoms with Crippen molar-refractivity contribution >= 4 is 17.5 Å². The van der Waals surface area contributed by atoms with Gasteiger partial charge in [-0.05, 0) is 17.5 Å². The molecule has 0 atom stereocenters. The van der Waals surface area contributed by atoms with Gasteiger partial charge in [0.1, 0.15) is 0 Å². The van der Waals surface area contributed by atoms with Gasteiger partial charge in [0.05, 0.1) is 6.54 Å². The van der Waals surface area contributed by atoms with Gasteiger partial charge in [0.25, 0.3) is 0 Å². The van der Waals surface area contributed by atoms with E-state index >= 15 is 0 Å². The van der Waals surface area contributed by atoms with Crippen molar-refractivity contribution in [2.45, 2.75) is 26.7 Å². The number of carbonyl (C=O) groups is 2. The first-order valence-corrected chi connectivity index (χ1v) is 7.85. The molecule has 5 heteroatoms. The molecule has 1 aliphatic rings. The minimum atomic E-state index is 0.0797. The first kappa shape index (κ1) is 16.3. The third-order valence-electron chi connectivity index (χ3n) is 4.09. The summed E-state index contributed by atoms with van der Waals surface area (Å²) in [6.07, 6.45) is 0. The molecule has 0 radical (unpaired) electrons.